The summed E-state index contributed by atoms with van der Waals surface area (Å²) in [6, 6.07) is 67.8. The topological polar surface area (TPSA) is 36.9 Å². The summed E-state index contributed by atoms with van der Waals surface area (Å²) in [4.78, 5) is 4.95. The van der Waals surface area contributed by atoms with Crippen molar-refractivity contribution in [1.82, 2.24) is 18.7 Å². The maximum Gasteiger partial charge on any atom is 0.0374 e. The van der Waals surface area contributed by atoms with Crippen LogP contribution in [0.1, 0.15) is 78.9 Å². The summed E-state index contributed by atoms with van der Waals surface area (Å²) >= 11 is 2.59. The molecule has 2 atom stereocenters. The van der Waals surface area contributed by atoms with Crippen molar-refractivity contribution < 1.29 is 28.2 Å². The first-order valence-electron chi connectivity index (χ1n) is 25.7. The Morgan fingerprint density at radius 1 is 0.557 bits per heavy atom. The van der Waals surface area contributed by atoms with Gasteiger partial charge in [-0.3, -0.25) is 0 Å². The van der Waals surface area contributed by atoms with Crippen LogP contribution in [0.25, 0.3) is 77.7 Å². The number of ether oxygens (including phenoxy) is 1. The molecule has 2 unspecified atom stereocenters. The Hall–Kier alpha value is -7.33. The molecule has 5 nitrogen and oxygen atoms in total. The van der Waals surface area contributed by atoms with Crippen molar-refractivity contribution in [2.45, 2.75) is 64.8 Å². The van der Waals surface area contributed by atoms with Crippen molar-refractivity contribution in [3.8, 4) is 56.4 Å². The SMILES string of the molecule is [2H]C([2H])([2H])c1cc(-n2c3ccccc3c3ccc(Oc4ccc5c(c4)C(n4[c](=[Pt])n(-c6c(-c7ccccc7)cc(C(C)(C)C)cc6-c6ccccc6)c6ccccc64)CCC5C)cc32)ncc1-c1ccccc1. The van der Waals surface area contributed by atoms with E-state index in [9.17, 15) is 0 Å². The summed E-state index contributed by atoms with van der Waals surface area (Å²) in [5, 5.41) is 2.06. The Morgan fingerprint density at radius 3 is 1.79 bits per heavy atom. The molecule has 346 valence electrons. The van der Waals surface area contributed by atoms with Crippen LogP contribution in [-0.2, 0) is 24.8 Å². The molecule has 0 saturated carbocycles. The van der Waals surface area contributed by atoms with Gasteiger partial charge in [-0.1, -0.05) is 48.5 Å². The number of pyridine rings is 1. The molecule has 70 heavy (non-hydrogen) atoms. The fourth-order valence-corrected chi connectivity index (χ4v) is 11.9. The molecule has 0 saturated heterocycles. The molecule has 3 aromatic heterocycles. The van der Waals surface area contributed by atoms with Crippen LogP contribution in [-0.4, -0.2) is 18.7 Å². The summed E-state index contributed by atoms with van der Waals surface area (Å²) in [5.41, 5.74) is 15.5. The van der Waals surface area contributed by atoms with Gasteiger partial charge in [-0.2, -0.15) is 0 Å². The standard InChI is InChI=1S/C64H54N4O.Pt/c1-42-29-34-57(66-41-67(60-28-18-17-27-59(60)66)63-53(44-19-9-6-10-20-44)36-47(64(3,4)5)37-54(63)45-21-11-7-12-22-45)55-38-48(30-32-50(42)55)69-49-31-33-52-51-25-15-16-26-58(51)68(61(52)39-49)62-35-43(2)56(40-65-62)46-23-13-8-14-24-46;/h6-28,30-33,35-40,42,57H,29,34H2,1-5H3;/i2D3;. The van der Waals surface area contributed by atoms with Gasteiger partial charge in [0.15, 0.2) is 0 Å². The Morgan fingerprint density at radius 2 is 1.13 bits per heavy atom. The first kappa shape index (κ1) is 40.5. The largest absolute Gasteiger partial charge is 0.238 e. The third kappa shape index (κ3) is 7.59. The minimum absolute atomic E-state index is 0.0324. The van der Waals surface area contributed by atoms with E-state index in [2.05, 4.69) is 200 Å². The van der Waals surface area contributed by atoms with Gasteiger partial charge >= 0.3 is 328 Å². The average molecular weight is 1090 g/mol. The first-order valence-corrected chi connectivity index (χ1v) is 25.3. The molecule has 3 heterocycles. The molecule has 1 aliphatic rings. The number of para-hydroxylation sites is 3. The smallest absolute Gasteiger partial charge is 0.0374 e. The molecule has 8 aromatic carbocycles. The van der Waals surface area contributed by atoms with E-state index in [-0.39, 0.29) is 17.0 Å². The van der Waals surface area contributed by atoms with Crippen molar-refractivity contribution in [2.24, 2.45) is 0 Å². The molecule has 11 aromatic rings. The van der Waals surface area contributed by atoms with Crippen LogP contribution < -0.4 is 4.74 Å². The molecule has 0 spiro atoms. The second kappa shape index (κ2) is 17.6. The number of benzene rings is 8. The van der Waals surface area contributed by atoms with Crippen LogP contribution in [0.15, 0.2) is 200 Å². The summed E-state index contributed by atoms with van der Waals surface area (Å²) in [5.74, 6) is 2.33. The van der Waals surface area contributed by atoms with E-state index in [4.69, 9.17) is 13.8 Å². The Kier molecular flexibility index (Phi) is 10.2. The molecular formula is C64H54N4OPt. The molecule has 0 N–H and O–H groups in total. The van der Waals surface area contributed by atoms with Crippen molar-refractivity contribution in [3.05, 3.63) is 226 Å². The van der Waals surface area contributed by atoms with Gasteiger partial charge in [0, 0.05) is 15.9 Å². The molecule has 12 rings (SSSR count). The zero-order valence-electron chi connectivity index (χ0n) is 42.6. The average Bonchev–Trinajstić information content (AvgIpc) is 3.89. The number of hydrogen-bond donors (Lipinski definition) is 0. The zero-order valence-corrected chi connectivity index (χ0v) is 41.9. The van der Waals surface area contributed by atoms with E-state index in [1.807, 2.05) is 48.5 Å². The van der Waals surface area contributed by atoms with E-state index in [1.165, 1.54) is 44.5 Å². The summed E-state index contributed by atoms with van der Waals surface area (Å²) in [7, 11) is 0. The van der Waals surface area contributed by atoms with Gasteiger partial charge in [-0.05, 0) is 30.1 Å². The zero-order chi connectivity index (χ0) is 50.2. The quantitative estimate of drug-likeness (QED) is 0.152. The second-order valence-electron chi connectivity index (χ2n) is 19.7. The van der Waals surface area contributed by atoms with Gasteiger partial charge in [0.05, 0.1) is 0 Å². The second-order valence-corrected chi connectivity index (χ2v) is 20.7. The van der Waals surface area contributed by atoms with Crippen molar-refractivity contribution in [2.75, 3.05) is 0 Å². The Bertz CT molecular complexity index is 3900. The molecule has 0 aliphatic heterocycles. The molecule has 0 amide bonds. The minimum Gasteiger partial charge on any atom is -0.238 e. The minimum atomic E-state index is -2.36. The third-order valence-corrected chi connectivity index (χ3v) is 15.4. The van der Waals surface area contributed by atoms with Crippen molar-refractivity contribution in [3.63, 3.8) is 0 Å². The van der Waals surface area contributed by atoms with Crippen LogP contribution in [0.3, 0.4) is 0 Å². The van der Waals surface area contributed by atoms with Crippen LogP contribution >= 0.6 is 0 Å². The van der Waals surface area contributed by atoms with E-state index < -0.39 is 6.85 Å². The van der Waals surface area contributed by atoms with Crippen LogP contribution in [0, 0.1) is 10.7 Å². The number of imidazole rings is 1. The number of rotatable bonds is 8. The van der Waals surface area contributed by atoms with Gasteiger partial charge in [-0.15, -0.1) is 0 Å². The van der Waals surface area contributed by atoms with E-state index >= 15 is 0 Å². The number of aromatic nitrogens is 4. The molecule has 1 aliphatic carbocycles. The monoisotopic (exact) mass is 1090 g/mol. The third-order valence-electron chi connectivity index (χ3n) is 14.3. The van der Waals surface area contributed by atoms with Gasteiger partial charge in [0.1, 0.15) is 0 Å². The Labute approximate surface area is 424 Å². The maximum absolute atomic E-state index is 8.59. The predicted molar refractivity (Wildman–Crippen MR) is 285 cm³/mol. The fourth-order valence-electron chi connectivity index (χ4n) is 10.8. The number of fused-ring (bicyclic) bond motifs is 5. The van der Waals surface area contributed by atoms with Gasteiger partial charge in [0.25, 0.3) is 0 Å². The van der Waals surface area contributed by atoms with Crippen LogP contribution in [0.4, 0.5) is 0 Å². The molecule has 0 bridgehead atoms. The van der Waals surface area contributed by atoms with Crippen molar-refractivity contribution in [1.29, 1.82) is 0 Å². The fraction of sp³-hybridized carbons (Fsp3) is 0.156. The normalized spacial score (nSPS) is 15.7. The summed E-state index contributed by atoms with van der Waals surface area (Å²) in [6.45, 7) is 6.88. The Balaban J connectivity index is 0.994. The number of aryl methyl sites for hydroxylation is 1. The molecule has 6 heteroatoms. The molecule has 0 fully saturated rings. The van der Waals surface area contributed by atoms with Gasteiger partial charge in [0.2, 0.25) is 0 Å². The molecule has 0 radical (unpaired) electrons. The number of hydrogen-bond acceptors (Lipinski definition) is 2. The van der Waals surface area contributed by atoms with Crippen molar-refractivity contribution >= 4 is 32.8 Å². The van der Waals surface area contributed by atoms with Gasteiger partial charge in [-0.25, -0.2) is 4.98 Å². The van der Waals surface area contributed by atoms with E-state index in [1.54, 1.807) is 12.3 Å². The van der Waals surface area contributed by atoms with Crippen LogP contribution in [0.2, 0.25) is 0 Å². The summed E-state index contributed by atoms with van der Waals surface area (Å²) in [6.07, 6.45) is 3.71. The van der Waals surface area contributed by atoms with Crippen LogP contribution in [0.5, 0.6) is 11.5 Å². The predicted octanol–water partition coefficient (Wildman–Crippen LogP) is 16.9. The first-order chi connectivity index (χ1) is 35.3. The molecular weight excluding hydrogens is 1040 g/mol. The van der Waals surface area contributed by atoms with Gasteiger partial charge < -0.3 is 0 Å². The summed E-state index contributed by atoms with van der Waals surface area (Å²) < 4.78 is 41.0. The maximum atomic E-state index is 8.59. The number of nitrogens with zero attached hydrogens (tertiary/aromatic N) is 4. The van der Waals surface area contributed by atoms with E-state index in [0.717, 1.165) is 61.0 Å². The van der Waals surface area contributed by atoms with E-state index in [0.29, 0.717) is 23.0 Å².